The van der Waals surface area contributed by atoms with E-state index in [0.717, 1.165) is 6.42 Å². The van der Waals surface area contributed by atoms with Crippen molar-refractivity contribution in [1.29, 1.82) is 0 Å². The number of carbonyl (C=O) groups is 3. The molecule has 1 fully saturated rings. The van der Waals surface area contributed by atoms with Gasteiger partial charge in [-0.05, 0) is 69.5 Å². The molecule has 1 unspecified atom stereocenters. The van der Waals surface area contributed by atoms with E-state index in [0.29, 0.717) is 30.6 Å². The van der Waals surface area contributed by atoms with Gasteiger partial charge in [0.05, 0.1) is 11.5 Å². The van der Waals surface area contributed by atoms with E-state index >= 15 is 0 Å². The number of rotatable bonds is 8. The highest BCUT2D eigenvalue weighted by molar-refractivity contribution is 5.99. The lowest BCUT2D eigenvalue weighted by Crippen LogP contribution is -2.44. The zero-order chi connectivity index (χ0) is 25.6. The van der Waals surface area contributed by atoms with Gasteiger partial charge in [0.15, 0.2) is 0 Å². The Bertz CT molecular complexity index is 1060. The normalized spacial score (nSPS) is 16.1. The summed E-state index contributed by atoms with van der Waals surface area (Å²) in [6.45, 7) is 3.43. The van der Waals surface area contributed by atoms with Crippen molar-refractivity contribution >= 4 is 23.4 Å². The van der Waals surface area contributed by atoms with Crippen LogP contribution in [0.1, 0.15) is 60.7 Å². The van der Waals surface area contributed by atoms with Gasteiger partial charge >= 0.3 is 6.61 Å². The molecular formula is C26H31F2N3O4. The standard InChI is InChI=1S/C26H31F2N3O4/c1-4-26(2,3)30-23(33)17-11-13-19(14-12-17)29-22(32)18-8-7-15-31(16-18)24(34)20-9-5-6-10-21(20)35-25(27)28/h5-6,9-14,18,25H,4,7-8,15-16H2,1-3H3,(H,29,32)(H,30,33). The largest absolute Gasteiger partial charge is 0.434 e. The number of alkyl halides is 2. The second kappa shape index (κ2) is 11.3. The molecule has 0 radical (unpaired) electrons. The van der Waals surface area contributed by atoms with E-state index in [1.165, 1.54) is 23.1 Å². The van der Waals surface area contributed by atoms with Crippen molar-refractivity contribution in [3.63, 3.8) is 0 Å². The number of para-hydroxylation sites is 1. The van der Waals surface area contributed by atoms with Crippen LogP contribution in [0.5, 0.6) is 5.75 Å². The zero-order valence-electron chi connectivity index (χ0n) is 20.1. The molecule has 0 bridgehead atoms. The predicted molar refractivity (Wildman–Crippen MR) is 129 cm³/mol. The van der Waals surface area contributed by atoms with Gasteiger partial charge in [-0.25, -0.2) is 0 Å². The molecule has 35 heavy (non-hydrogen) atoms. The summed E-state index contributed by atoms with van der Waals surface area (Å²) < 4.78 is 29.9. The summed E-state index contributed by atoms with van der Waals surface area (Å²) in [5.41, 5.74) is 0.749. The number of nitrogens with one attached hydrogen (secondary N) is 2. The summed E-state index contributed by atoms with van der Waals surface area (Å²) in [6.07, 6.45) is 1.99. The van der Waals surface area contributed by atoms with E-state index in [9.17, 15) is 23.2 Å². The van der Waals surface area contributed by atoms with Crippen LogP contribution >= 0.6 is 0 Å². The Morgan fingerprint density at radius 3 is 2.46 bits per heavy atom. The zero-order valence-corrected chi connectivity index (χ0v) is 20.1. The fraction of sp³-hybridized carbons (Fsp3) is 0.423. The van der Waals surface area contributed by atoms with Gasteiger partial charge < -0.3 is 20.3 Å². The summed E-state index contributed by atoms with van der Waals surface area (Å²) in [6, 6.07) is 12.5. The molecule has 2 N–H and O–H groups in total. The molecule has 0 aromatic heterocycles. The van der Waals surface area contributed by atoms with Crippen LogP contribution in [0, 0.1) is 5.92 Å². The molecule has 0 aliphatic carbocycles. The lowest BCUT2D eigenvalue weighted by molar-refractivity contribution is -0.121. The molecule has 1 heterocycles. The summed E-state index contributed by atoms with van der Waals surface area (Å²) >= 11 is 0. The molecule has 1 saturated heterocycles. The number of nitrogens with zero attached hydrogens (tertiary/aromatic N) is 1. The fourth-order valence-electron chi connectivity index (χ4n) is 3.81. The van der Waals surface area contributed by atoms with E-state index in [4.69, 9.17) is 0 Å². The second-order valence-corrected chi connectivity index (χ2v) is 9.22. The molecule has 3 rings (SSSR count). The summed E-state index contributed by atoms with van der Waals surface area (Å²) in [4.78, 5) is 39.8. The van der Waals surface area contributed by atoms with Gasteiger partial charge in [0.25, 0.3) is 11.8 Å². The van der Waals surface area contributed by atoms with E-state index < -0.39 is 18.4 Å². The number of amides is 3. The summed E-state index contributed by atoms with van der Waals surface area (Å²) in [5.74, 6) is -1.53. The highest BCUT2D eigenvalue weighted by Crippen LogP contribution is 2.26. The van der Waals surface area contributed by atoms with Gasteiger partial charge in [0.1, 0.15) is 5.75 Å². The first-order valence-corrected chi connectivity index (χ1v) is 11.7. The van der Waals surface area contributed by atoms with E-state index in [1.54, 1.807) is 30.3 Å². The first-order valence-electron chi connectivity index (χ1n) is 11.7. The molecule has 1 aliphatic rings. The van der Waals surface area contributed by atoms with Gasteiger partial charge in [-0.2, -0.15) is 8.78 Å². The maximum Gasteiger partial charge on any atom is 0.387 e. The number of anilines is 1. The summed E-state index contributed by atoms with van der Waals surface area (Å²) in [5, 5.41) is 5.80. The van der Waals surface area contributed by atoms with Crippen LogP contribution in [0.2, 0.25) is 0 Å². The number of halogens is 2. The minimum atomic E-state index is -3.04. The molecular weight excluding hydrogens is 456 g/mol. The van der Waals surface area contributed by atoms with Gasteiger partial charge in [-0.15, -0.1) is 0 Å². The van der Waals surface area contributed by atoms with Crippen LogP contribution in [0.25, 0.3) is 0 Å². The fourth-order valence-corrected chi connectivity index (χ4v) is 3.81. The van der Waals surface area contributed by atoms with Crippen LogP contribution in [-0.4, -0.2) is 47.9 Å². The first-order chi connectivity index (χ1) is 16.6. The van der Waals surface area contributed by atoms with Crippen LogP contribution in [-0.2, 0) is 4.79 Å². The number of carbonyl (C=O) groups excluding carboxylic acids is 3. The van der Waals surface area contributed by atoms with Crippen molar-refractivity contribution < 1.29 is 27.9 Å². The third-order valence-electron chi connectivity index (χ3n) is 6.16. The van der Waals surface area contributed by atoms with Gasteiger partial charge in [0, 0.05) is 29.9 Å². The Balaban J connectivity index is 1.62. The Hall–Kier alpha value is -3.49. The lowest BCUT2D eigenvalue weighted by atomic mass is 9.96. The van der Waals surface area contributed by atoms with Gasteiger partial charge in [-0.3, -0.25) is 14.4 Å². The molecule has 0 spiro atoms. The predicted octanol–water partition coefficient (Wildman–Crippen LogP) is 4.70. The Kier molecular flexibility index (Phi) is 8.43. The lowest BCUT2D eigenvalue weighted by Gasteiger charge is -2.32. The molecule has 1 atom stereocenters. The van der Waals surface area contributed by atoms with Crippen molar-refractivity contribution in [2.75, 3.05) is 18.4 Å². The molecule has 7 nitrogen and oxygen atoms in total. The molecule has 9 heteroatoms. The van der Waals surface area contributed by atoms with Crippen LogP contribution in [0.3, 0.4) is 0 Å². The minimum absolute atomic E-state index is 0.0361. The SMILES string of the molecule is CCC(C)(C)NC(=O)c1ccc(NC(=O)C2CCCN(C(=O)c3ccccc3OC(F)F)C2)cc1. The highest BCUT2D eigenvalue weighted by atomic mass is 19.3. The minimum Gasteiger partial charge on any atom is -0.434 e. The van der Waals surface area contributed by atoms with Gasteiger partial charge in [-0.1, -0.05) is 19.1 Å². The second-order valence-electron chi connectivity index (χ2n) is 9.22. The molecule has 2 aromatic rings. The number of likely N-dealkylation sites (tertiary alicyclic amines) is 1. The van der Waals surface area contributed by atoms with Crippen LogP contribution in [0.15, 0.2) is 48.5 Å². The van der Waals surface area contributed by atoms with E-state index in [-0.39, 0.29) is 35.2 Å². The van der Waals surface area contributed by atoms with Crippen molar-refractivity contribution in [3.05, 3.63) is 59.7 Å². The van der Waals surface area contributed by atoms with Crippen molar-refractivity contribution in [2.24, 2.45) is 5.92 Å². The van der Waals surface area contributed by atoms with Crippen LogP contribution in [0.4, 0.5) is 14.5 Å². The van der Waals surface area contributed by atoms with Crippen molar-refractivity contribution in [3.8, 4) is 5.75 Å². The molecule has 2 aromatic carbocycles. The molecule has 1 aliphatic heterocycles. The maximum atomic E-state index is 13.0. The number of piperidine rings is 1. The maximum absolute atomic E-state index is 13.0. The number of hydrogen-bond donors (Lipinski definition) is 2. The Labute approximate surface area is 203 Å². The number of benzene rings is 2. The third-order valence-corrected chi connectivity index (χ3v) is 6.16. The summed E-state index contributed by atoms with van der Waals surface area (Å²) in [7, 11) is 0. The average molecular weight is 488 g/mol. The van der Waals surface area contributed by atoms with E-state index in [1.807, 2.05) is 20.8 Å². The average Bonchev–Trinajstić information content (AvgIpc) is 2.84. The topological polar surface area (TPSA) is 87.7 Å². The highest BCUT2D eigenvalue weighted by Gasteiger charge is 2.30. The molecule has 188 valence electrons. The third kappa shape index (κ3) is 7.00. The molecule has 3 amide bonds. The van der Waals surface area contributed by atoms with Crippen molar-refractivity contribution in [1.82, 2.24) is 10.2 Å². The van der Waals surface area contributed by atoms with E-state index in [2.05, 4.69) is 15.4 Å². The first kappa shape index (κ1) is 26.1. The number of hydrogen-bond acceptors (Lipinski definition) is 4. The Morgan fingerprint density at radius 2 is 1.80 bits per heavy atom. The smallest absolute Gasteiger partial charge is 0.387 e. The van der Waals surface area contributed by atoms with Crippen molar-refractivity contribution in [2.45, 2.75) is 52.2 Å². The molecule has 0 saturated carbocycles. The van der Waals surface area contributed by atoms with Crippen LogP contribution < -0.4 is 15.4 Å². The quantitative estimate of drug-likeness (QED) is 0.565. The Morgan fingerprint density at radius 1 is 1.11 bits per heavy atom. The number of ether oxygens (including phenoxy) is 1. The van der Waals surface area contributed by atoms with Gasteiger partial charge in [0.2, 0.25) is 5.91 Å². The monoisotopic (exact) mass is 487 g/mol.